The second kappa shape index (κ2) is 5.53. The molecule has 0 unspecified atom stereocenters. The number of halogens is 2. The van der Waals surface area contributed by atoms with Gasteiger partial charge < -0.3 is 5.32 Å². The van der Waals surface area contributed by atoms with Crippen molar-refractivity contribution in [1.29, 1.82) is 0 Å². The first-order chi connectivity index (χ1) is 8.63. The van der Waals surface area contributed by atoms with Crippen LogP contribution in [0.2, 0.25) is 0 Å². The fourth-order valence-corrected chi connectivity index (χ4v) is 1.56. The summed E-state index contributed by atoms with van der Waals surface area (Å²) in [7, 11) is 0. The predicted molar refractivity (Wildman–Crippen MR) is 65.3 cm³/mol. The van der Waals surface area contributed by atoms with E-state index in [1.807, 2.05) is 6.92 Å². The van der Waals surface area contributed by atoms with E-state index in [0.29, 0.717) is 24.5 Å². The molecule has 94 valence electrons. The van der Waals surface area contributed by atoms with Crippen molar-refractivity contribution in [1.82, 2.24) is 9.97 Å². The van der Waals surface area contributed by atoms with Crippen LogP contribution in [0, 0.1) is 18.6 Å². The molecule has 0 fully saturated rings. The van der Waals surface area contributed by atoms with Crippen LogP contribution in [0.4, 0.5) is 14.7 Å². The standard InChI is InChI=1S/C13H13F2N3/c1-9-7-17-13(18-8-9)16-3-2-10-4-11(14)6-12(15)5-10/h4-8H,2-3H2,1H3,(H,16,17,18). The maximum atomic E-state index is 12.9. The Kier molecular flexibility index (Phi) is 3.82. The number of aromatic nitrogens is 2. The van der Waals surface area contributed by atoms with Gasteiger partial charge in [0, 0.05) is 25.0 Å². The van der Waals surface area contributed by atoms with Crippen molar-refractivity contribution in [2.75, 3.05) is 11.9 Å². The first kappa shape index (κ1) is 12.4. The quantitative estimate of drug-likeness (QED) is 0.905. The number of anilines is 1. The summed E-state index contributed by atoms with van der Waals surface area (Å²) in [5.74, 6) is -0.606. The fraction of sp³-hybridized carbons (Fsp3) is 0.231. The number of nitrogens with zero attached hydrogens (tertiary/aromatic N) is 2. The largest absolute Gasteiger partial charge is 0.354 e. The normalized spacial score (nSPS) is 10.4. The van der Waals surface area contributed by atoms with Gasteiger partial charge in [0.2, 0.25) is 5.95 Å². The van der Waals surface area contributed by atoms with Crippen LogP contribution >= 0.6 is 0 Å². The Morgan fingerprint density at radius 2 is 1.67 bits per heavy atom. The van der Waals surface area contributed by atoms with Gasteiger partial charge in [0.25, 0.3) is 0 Å². The van der Waals surface area contributed by atoms with E-state index < -0.39 is 11.6 Å². The van der Waals surface area contributed by atoms with Crippen molar-refractivity contribution in [2.24, 2.45) is 0 Å². The van der Waals surface area contributed by atoms with Crippen molar-refractivity contribution >= 4 is 5.95 Å². The van der Waals surface area contributed by atoms with E-state index in [1.54, 1.807) is 12.4 Å². The van der Waals surface area contributed by atoms with E-state index in [-0.39, 0.29) is 0 Å². The van der Waals surface area contributed by atoms with E-state index in [1.165, 1.54) is 12.1 Å². The van der Waals surface area contributed by atoms with Gasteiger partial charge in [-0.05, 0) is 36.6 Å². The van der Waals surface area contributed by atoms with Crippen LogP contribution in [0.25, 0.3) is 0 Å². The molecule has 0 spiro atoms. The lowest BCUT2D eigenvalue weighted by Gasteiger charge is -2.05. The predicted octanol–water partition coefficient (Wildman–Crippen LogP) is 2.72. The smallest absolute Gasteiger partial charge is 0.222 e. The number of hydrogen-bond acceptors (Lipinski definition) is 3. The molecule has 0 aliphatic heterocycles. The van der Waals surface area contributed by atoms with Crippen molar-refractivity contribution in [3.63, 3.8) is 0 Å². The van der Waals surface area contributed by atoms with Crippen molar-refractivity contribution in [2.45, 2.75) is 13.3 Å². The van der Waals surface area contributed by atoms with Gasteiger partial charge in [-0.1, -0.05) is 0 Å². The molecule has 0 amide bonds. The molecular weight excluding hydrogens is 236 g/mol. The van der Waals surface area contributed by atoms with Gasteiger partial charge >= 0.3 is 0 Å². The third-order valence-electron chi connectivity index (χ3n) is 2.40. The van der Waals surface area contributed by atoms with Crippen LogP contribution in [-0.2, 0) is 6.42 Å². The zero-order valence-electron chi connectivity index (χ0n) is 9.95. The highest BCUT2D eigenvalue weighted by atomic mass is 19.1. The van der Waals surface area contributed by atoms with E-state index in [4.69, 9.17) is 0 Å². The first-order valence-corrected chi connectivity index (χ1v) is 5.61. The molecule has 0 radical (unpaired) electrons. The maximum Gasteiger partial charge on any atom is 0.222 e. The lowest BCUT2D eigenvalue weighted by Crippen LogP contribution is -2.08. The number of nitrogens with one attached hydrogen (secondary N) is 1. The molecule has 0 aliphatic carbocycles. The fourth-order valence-electron chi connectivity index (χ4n) is 1.56. The molecule has 0 saturated carbocycles. The first-order valence-electron chi connectivity index (χ1n) is 5.61. The molecule has 0 aliphatic rings. The molecule has 2 rings (SSSR count). The maximum absolute atomic E-state index is 12.9. The third-order valence-corrected chi connectivity index (χ3v) is 2.40. The number of aryl methyl sites for hydroxylation is 1. The minimum absolute atomic E-state index is 0.506. The second-order valence-electron chi connectivity index (χ2n) is 4.04. The van der Waals surface area contributed by atoms with Crippen LogP contribution in [0.1, 0.15) is 11.1 Å². The van der Waals surface area contributed by atoms with Gasteiger partial charge in [0.1, 0.15) is 11.6 Å². The molecule has 0 bridgehead atoms. The van der Waals surface area contributed by atoms with Crippen molar-refractivity contribution in [3.8, 4) is 0 Å². The number of rotatable bonds is 4. The molecule has 3 nitrogen and oxygen atoms in total. The Balaban J connectivity index is 1.90. The highest BCUT2D eigenvalue weighted by Gasteiger charge is 2.01. The Morgan fingerprint density at radius 3 is 2.28 bits per heavy atom. The lowest BCUT2D eigenvalue weighted by molar-refractivity contribution is 0.580. The summed E-state index contributed by atoms with van der Waals surface area (Å²) < 4.78 is 25.9. The summed E-state index contributed by atoms with van der Waals surface area (Å²) in [6.45, 7) is 2.42. The average Bonchev–Trinajstić information content (AvgIpc) is 2.30. The zero-order valence-corrected chi connectivity index (χ0v) is 9.95. The number of benzene rings is 1. The molecule has 1 heterocycles. The van der Waals surface area contributed by atoms with Crippen LogP contribution in [-0.4, -0.2) is 16.5 Å². The summed E-state index contributed by atoms with van der Waals surface area (Å²) in [6, 6.07) is 3.50. The monoisotopic (exact) mass is 249 g/mol. The van der Waals surface area contributed by atoms with Crippen LogP contribution in [0.5, 0.6) is 0 Å². The molecule has 1 aromatic heterocycles. The molecule has 0 atom stereocenters. The lowest BCUT2D eigenvalue weighted by atomic mass is 10.1. The van der Waals surface area contributed by atoms with Gasteiger partial charge in [0.15, 0.2) is 0 Å². The summed E-state index contributed by atoms with van der Waals surface area (Å²) in [6.07, 6.45) is 3.92. The highest BCUT2D eigenvalue weighted by molar-refractivity contribution is 5.25. The van der Waals surface area contributed by atoms with E-state index >= 15 is 0 Å². The summed E-state index contributed by atoms with van der Waals surface area (Å²) in [5.41, 5.74) is 1.58. The molecule has 1 N–H and O–H groups in total. The minimum Gasteiger partial charge on any atom is -0.354 e. The van der Waals surface area contributed by atoms with Gasteiger partial charge in [0.05, 0.1) is 0 Å². The van der Waals surface area contributed by atoms with E-state index in [0.717, 1.165) is 11.6 Å². The second-order valence-corrected chi connectivity index (χ2v) is 4.04. The molecule has 5 heteroatoms. The van der Waals surface area contributed by atoms with Gasteiger partial charge in [-0.25, -0.2) is 18.7 Å². The zero-order chi connectivity index (χ0) is 13.0. The Labute approximate surface area is 104 Å². The van der Waals surface area contributed by atoms with Gasteiger partial charge in [-0.15, -0.1) is 0 Å². The van der Waals surface area contributed by atoms with Crippen LogP contribution in [0.15, 0.2) is 30.6 Å². The SMILES string of the molecule is Cc1cnc(NCCc2cc(F)cc(F)c2)nc1. The van der Waals surface area contributed by atoms with Crippen molar-refractivity contribution in [3.05, 3.63) is 53.4 Å². The summed E-state index contributed by atoms with van der Waals surface area (Å²) >= 11 is 0. The molecule has 1 aromatic carbocycles. The average molecular weight is 249 g/mol. The number of hydrogen-bond donors (Lipinski definition) is 1. The molecule has 0 saturated heterocycles. The van der Waals surface area contributed by atoms with Crippen LogP contribution < -0.4 is 5.32 Å². The Hall–Kier alpha value is -2.04. The summed E-state index contributed by atoms with van der Waals surface area (Å²) in [4.78, 5) is 8.15. The third kappa shape index (κ3) is 3.48. The van der Waals surface area contributed by atoms with Crippen molar-refractivity contribution < 1.29 is 8.78 Å². The van der Waals surface area contributed by atoms with Crippen LogP contribution in [0.3, 0.4) is 0 Å². The Morgan fingerprint density at radius 1 is 1.06 bits per heavy atom. The highest BCUT2D eigenvalue weighted by Crippen LogP contribution is 2.08. The Bertz CT molecular complexity index is 506. The summed E-state index contributed by atoms with van der Waals surface area (Å²) in [5, 5.41) is 2.99. The molecular formula is C13H13F2N3. The topological polar surface area (TPSA) is 37.8 Å². The molecule has 2 aromatic rings. The van der Waals surface area contributed by atoms with E-state index in [2.05, 4.69) is 15.3 Å². The molecule has 18 heavy (non-hydrogen) atoms. The van der Waals surface area contributed by atoms with E-state index in [9.17, 15) is 8.78 Å². The van der Waals surface area contributed by atoms with Gasteiger partial charge in [-0.2, -0.15) is 0 Å². The minimum atomic E-state index is -0.559. The van der Waals surface area contributed by atoms with Gasteiger partial charge in [-0.3, -0.25) is 0 Å².